The molecule has 2 heterocycles. The molecule has 1 saturated heterocycles. The Morgan fingerprint density at radius 2 is 1.50 bits per heavy atom. The molecule has 0 unspecified atom stereocenters. The molecule has 1 aliphatic heterocycles. The largest absolute Gasteiger partial charge is 0.328 e. The highest BCUT2D eigenvalue weighted by Crippen LogP contribution is 2.37. The number of nitriles is 1. The van der Waals surface area contributed by atoms with Crippen LogP contribution in [-0.4, -0.2) is 24.1 Å². The summed E-state index contributed by atoms with van der Waals surface area (Å²) < 4.78 is 0. The van der Waals surface area contributed by atoms with Gasteiger partial charge >= 0.3 is 6.03 Å². The van der Waals surface area contributed by atoms with Gasteiger partial charge in [0.1, 0.15) is 11.1 Å². The van der Waals surface area contributed by atoms with Crippen molar-refractivity contribution >= 4 is 40.4 Å². The van der Waals surface area contributed by atoms with E-state index in [1.165, 1.54) is 54.5 Å². The highest BCUT2D eigenvalue weighted by molar-refractivity contribution is 7.16. The SMILES string of the molecule is N#Cc1c(N=CC2C(=O)NC(=O)NC2=O)sc2c1CCCCCCCCCC2. The Morgan fingerprint density at radius 1 is 0.929 bits per heavy atom. The monoisotopic (exact) mass is 400 g/mol. The second kappa shape index (κ2) is 9.60. The molecule has 0 radical (unpaired) electrons. The lowest BCUT2D eigenvalue weighted by Crippen LogP contribution is -2.56. The summed E-state index contributed by atoms with van der Waals surface area (Å²) in [6.45, 7) is 0. The number of amides is 4. The number of urea groups is 1. The number of fused-ring (bicyclic) bond motifs is 1. The minimum absolute atomic E-state index is 0.542. The van der Waals surface area contributed by atoms with E-state index in [1.807, 2.05) is 0 Å². The van der Waals surface area contributed by atoms with Gasteiger partial charge < -0.3 is 0 Å². The van der Waals surface area contributed by atoms with Gasteiger partial charge in [0.25, 0.3) is 0 Å². The normalized spacial score (nSPS) is 19.9. The van der Waals surface area contributed by atoms with Crippen LogP contribution in [0.4, 0.5) is 9.80 Å². The number of aryl methyl sites for hydroxylation is 1. The van der Waals surface area contributed by atoms with Gasteiger partial charge in [-0.05, 0) is 31.2 Å². The van der Waals surface area contributed by atoms with Gasteiger partial charge in [-0.3, -0.25) is 20.2 Å². The molecule has 0 bridgehead atoms. The molecule has 1 fully saturated rings. The van der Waals surface area contributed by atoms with Crippen LogP contribution < -0.4 is 10.6 Å². The third-order valence-electron chi connectivity index (χ3n) is 5.14. The number of nitrogens with zero attached hydrogens (tertiary/aromatic N) is 2. The number of hydrogen-bond donors (Lipinski definition) is 2. The Kier molecular flexibility index (Phi) is 6.93. The third kappa shape index (κ3) is 4.84. The van der Waals surface area contributed by atoms with Crippen LogP contribution in [0.25, 0.3) is 0 Å². The maximum atomic E-state index is 11.9. The summed E-state index contributed by atoms with van der Waals surface area (Å²) in [6.07, 6.45) is 12.6. The molecule has 3 rings (SSSR count). The van der Waals surface area contributed by atoms with E-state index in [4.69, 9.17) is 0 Å². The smallest absolute Gasteiger partial charge is 0.277 e. The molecule has 2 N–H and O–H groups in total. The number of barbiturate groups is 1. The number of aliphatic imine (C=N–C) groups is 1. The average molecular weight is 401 g/mol. The van der Waals surface area contributed by atoms with E-state index in [9.17, 15) is 19.6 Å². The summed E-state index contributed by atoms with van der Waals surface area (Å²) >= 11 is 1.48. The highest BCUT2D eigenvalue weighted by atomic mass is 32.1. The van der Waals surface area contributed by atoms with Crippen molar-refractivity contribution in [3.8, 4) is 6.07 Å². The van der Waals surface area contributed by atoms with E-state index in [1.54, 1.807) is 0 Å². The molecule has 1 aliphatic carbocycles. The van der Waals surface area contributed by atoms with Crippen molar-refractivity contribution < 1.29 is 14.4 Å². The second-order valence-corrected chi connectivity index (χ2v) is 8.27. The summed E-state index contributed by atoms with van der Waals surface area (Å²) in [5, 5.41) is 14.4. The zero-order valence-corrected chi connectivity index (χ0v) is 16.6. The Hall–Kier alpha value is -2.53. The molecular weight excluding hydrogens is 376 g/mol. The molecule has 4 amide bonds. The predicted octanol–water partition coefficient (Wildman–Crippen LogP) is 3.52. The molecule has 2 aliphatic rings. The second-order valence-electron chi connectivity index (χ2n) is 7.19. The van der Waals surface area contributed by atoms with Crippen LogP contribution in [-0.2, 0) is 22.4 Å². The van der Waals surface area contributed by atoms with E-state index < -0.39 is 23.8 Å². The van der Waals surface area contributed by atoms with Gasteiger partial charge in [0.2, 0.25) is 11.8 Å². The fourth-order valence-electron chi connectivity index (χ4n) is 3.63. The van der Waals surface area contributed by atoms with Crippen molar-refractivity contribution in [3.05, 3.63) is 16.0 Å². The first-order valence-electron chi connectivity index (χ1n) is 9.84. The van der Waals surface area contributed by atoms with Crippen molar-refractivity contribution in [3.63, 3.8) is 0 Å². The third-order valence-corrected chi connectivity index (χ3v) is 6.34. The number of hydrogen-bond acceptors (Lipinski definition) is 6. The molecule has 8 heteroatoms. The van der Waals surface area contributed by atoms with Crippen molar-refractivity contribution in [2.45, 2.75) is 64.2 Å². The van der Waals surface area contributed by atoms with E-state index >= 15 is 0 Å². The van der Waals surface area contributed by atoms with E-state index in [0.717, 1.165) is 37.7 Å². The summed E-state index contributed by atoms with van der Waals surface area (Å²) in [5.74, 6) is -2.58. The van der Waals surface area contributed by atoms with Crippen LogP contribution in [0.15, 0.2) is 4.99 Å². The standard InChI is InChI=1S/C20H24N4O3S/c21-11-14-13-9-7-5-3-1-2-4-6-8-10-16(13)28-19(14)22-12-15-17(25)23-20(27)24-18(15)26/h12,15H,1-10H2,(H2,23,24,25,26,27). The molecule has 0 aromatic carbocycles. The molecule has 1 aromatic rings. The molecule has 28 heavy (non-hydrogen) atoms. The quantitative estimate of drug-likeness (QED) is 0.584. The van der Waals surface area contributed by atoms with Crippen molar-refractivity contribution in [1.82, 2.24) is 10.6 Å². The Labute approximate surface area is 168 Å². The summed E-state index contributed by atoms with van der Waals surface area (Å²) in [4.78, 5) is 40.4. The number of imide groups is 2. The van der Waals surface area contributed by atoms with Crippen LogP contribution in [0.1, 0.15) is 67.4 Å². The van der Waals surface area contributed by atoms with Gasteiger partial charge in [0.15, 0.2) is 5.92 Å². The lowest BCUT2D eigenvalue weighted by molar-refractivity contribution is -0.132. The van der Waals surface area contributed by atoms with Crippen LogP contribution in [0.2, 0.25) is 0 Å². The molecule has 1 aromatic heterocycles. The number of nitrogens with one attached hydrogen (secondary N) is 2. The van der Waals surface area contributed by atoms with Gasteiger partial charge in [0.05, 0.1) is 5.56 Å². The van der Waals surface area contributed by atoms with Gasteiger partial charge in [-0.15, -0.1) is 11.3 Å². The minimum atomic E-state index is -1.17. The fraction of sp³-hybridized carbons (Fsp3) is 0.550. The van der Waals surface area contributed by atoms with Crippen LogP contribution >= 0.6 is 11.3 Å². The number of carbonyl (C=O) groups is 3. The number of rotatable bonds is 2. The lowest BCUT2D eigenvalue weighted by atomic mass is 9.98. The maximum absolute atomic E-state index is 11.9. The highest BCUT2D eigenvalue weighted by Gasteiger charge is 2.33. The molecule has 7 nitrogen and oxygen atoms in total. The van der Waals surface area contributed by atoms with E-state index in [2.05, 4.69) is 21.7 Å². The fourth-order valence-corrected chi connectivity index (χ4v) is 4.82. The average Bonchev–Trinajstić information content (AvgIpc) is 2.97. The Balaban J connectivity index is 1.84. The Bertz CT molecular complexity index is 817. The van der Waals surface area contributed by atoms with E-state index in [0.29, 0.717) is 10.6 Å². The van der Waals surface area contributed by atoms with Crippen molar-refractivity contribution in [2.75, 3.05) is 0 Å². The first kappa shape index (κ1) is 20.2. The predicted molar refractivity (Wildman–Crippen MR) is 107 cm³/mol. The van der Waals surface area contributed by atoms with E-state index in [-0.39, 0.29) is 0 Å². The van der Waals surface area contributed by atoms with Crippen molar-refractivity contribution in [2.24, 2.45) is 10.9 Å². The zero-order valence-electron chi connectivity index (χ0n) is 15.8. The summed E-state index contributed by atoms with van der Waals surface area (Å²) in [7, 11) is 0. The number of carbonyl (C=O) groups excluding carboxylic acids is 3. The molecule has 148 valence electrons. The summed E-state index contributed by atoms with van der Waals surface area (Å²) in [6, 6.07) is 1.45. The topological polar surface area (TPSA) is 111 Å². The maximum Gasteiger partial charge on any atom is 0.328 e. The van der Waals surface area contributed by atoms with Crippen LogP contribution in [0.3, 0.4) is 0 Å². The zero-order chi connectivity index (χ0) is 19.9. The van der Waals surface area contributed by atoms with Gasteiger partial charge in [-0.1, -0.05) is 38.5 Å². The van der Waals surface area contributed by atoms with Crippen molar-refractivity contribution in [1.29, 1.82) is 5.26 Å². The molecular formula is C20H24N4O3S. The van der Waals surface area contributed by atoms with Gasteiger partial charge in [-0.25, -0.2) is 9.79 Å². The first-order valence-corrected chi connectivity index (χ1v) is 10.7. The minimum Gasteiger partial charge on any atom is -0.277 e. The van der Waals surface area contributed by atoms with Gasteiger partial charge in [0, 0.05) is 11.1 Å². The van der Waals surface area contributed by atoms with Gasteiger partial charge in [-0.2, -0.15) is 5.26 Å². The van der Waals surface area contributed by atoms with Crippen LogP contribution in [0, 0.1) is 17.2 Å². The lowest BCUT2D eigenvalue weighted by Gasteiger charge is -2.16. The molecule has 0 atom stereocenters. The Morgan fingerprint density at radius 3 is 2.11 bits per heavy atom. The van der Waals surface area contributed by atoms with Crippen LogP contribution in [0.5, 0.6) is 0 Å². The summed E-state index contributed by atoms with van der Waals surface area (Å²) in [5.41, 5.74) is 1.63. The first-order chi connectivity index (χ1) is 13.6. The molecule has 0 spiro atoms. The number of thiophene rings is 1. The molecule has 0 saturated carbocycles.